The molecule has 0 radical (unpaired) electrons. The van der Waals surface area contributed by atoms with Gasteiger partial charge < -0.3 is 5.32 Å². The van der Waals surface area contributed by atoms with Gasteiger partial charge in [0.2, 0.25) is 0 Å². The highest BCUT2D eigenvalue weighted by Crippen LogP contribution is 2.24. The van der Waals surface area contributed by atoms with E-state index >= 15 is 0 Å². The number of rotatable bonds is 3. The van der Waals surface area contributed by atoms with E-state index in [1.54, 1.807) is 12.1 Å². The first-order valence-electron chi connectivity index (χ1n) is 5.48. The van der Waals surface area contributed by atoms with Gasteiger partial charge in [0.05, 0.1) is 15.7 Å². The highest BCUT2D eigenvalue weighted by atomic mass is 79.9. The van der Waals surface area contributed by atoms with Crippen LogP contribution in [0.15, 0.2) is 45.3 Å². The van der Waals surface area contributed by atoms with Gasteiger partial charge in [-0.2, -0.15) is 5.26 Å². The summed E-state index contributed by atoms with van der Waals surface area (Å²) >= 11 is 6.57. The minimum atomic E-state index is -0.297. The lowest BCUT2D eigenvalue weighted by molar-refractivity contribution is 0.618. The van der Waals surface area contributed by atoms with E-state index < -0.39 is 0 Å². The second-order valence-corrected chi connectivity index (χ2v) is 5.58. The largest absolute Gasteiger partial charge is 0.380 e. The molecule has 2 aromatic rings. The molecule has 0 aliphatic rings. The smallest absolute Gasteiger partial charge is 0.137 e. The molecule has 19 heavy (non-hydrogen) atoms. The molecular formula is C14H9Br2FN2. The van der Waals surface area contributed by atoms with E-state index in [1.807, 2.05) is 18.2 Å². The standard InChI is InChI=1S/C14H9Br2FN2/c15-11-5-4-9(7-18)13(6-11)19-8-10-2-1-3-12(17)14(10)16/h1-6,19H,8H2. The fourth-order valence-corrected chi connectivity index (χ4v) is 2.40. The third-order valence-corrected chi connectivity index (χ3v) is 3.98. The zero-order valence-electron chi connectivity index (χ0n) is 9.75. The molecule has 0 aliphatic carbocycles. The Morgan fingerprint density at radius 1 is 1.21 bits per heavy atom. The molecule has 0 saturated carbocycles. The van der Waals surface area contributed by atoms with E-state index in [-0.39, 0.29) is 5.82 Å². The first-order valence-corrected chi connectivity index (χ1v) is 7.07. The molecule has 0 heterocycles. The molecule has 0 unspecified atom stereocenters. The van der Waals surface area contributed by atoms with Crippen molar-refractivity contribution < 1.29 is 4.39 Å². The monoisotopic (exact) mass is 382 g/mol. The third-order valence-electron chi connectivity index (χ3n) is 2.60. The number of anilines is 1. The highest BCUT2D eigenvalue weighted by Gasteiger charge is 2.07. The lowest BCUT2D eigenvalue weighted by Gasteiger charge is -2.10. The fourth-order valence-electron chi connectivity index (χ4n) is 1.64. The molecule has 0 atom stereocenters. The van der Waals surface area contributed by atoms with Crippen molar-refractivity contribution in [3.05, 3.63) is 62.3 Å². The van der Waals surface area contributed by atoms with Gasteiger partial charge in [-0.3, -0.25) is 0 Å². The second kappa shape index (κ2) is 6.18. The van der Waals surface area contributed by atoms with Gasteiger partial charge in [-0.15, -0.1) is 0 Å². The Hall–Kier alpha value is -1.38. The fraction of sp³-hybridized carbons (Fsp3) is 0.0714. The number of nitriles is 1. The zero-order valence-corrected chi connectivity index (χ0v) is 12.9. The number of nitrogens with zero attached hydrogens (tertiary/aromatic N) is 1. The van der Waals surface area contributed by atoms with E-state index in [2.05, 4.69) is 43.2 Å². The van der Waals surface area contributed by atoms with Gasteiger partial charge in [0.15, 0.2) is 0 Å². The van der Waals surface area contributed by atoms with Crippen molar-refractivity contribution in [2.24, 2.45) is 0 Å². The van der Waals surface area contributed by atoms with Crippen LogP contribution in [0, 0.1) is 17.1 Å². The van der Waals surface area contributed by atoms with Crippen molar-refractivity contribution in [2.75, 3.05) is 5.32 Å². The molecule has 2 nitrogen and oxygen atoms in total. The van der Waals surface area contributed by atoms with Crippen LogP contribution in [0.4, 0.5) is 10.1 Å². The molecule has 0 bridgehead atoms. The molecule has 0 amide bonds. The molecule has 96 valence electrons. The summed E-state index contributed by atoms with van der Waals surface area (Å²) in [6.07, 6.45) is 0. The Morgan fingerprint density at radius 2 is 2.00 bits per heavy atom. The molecule has 0 aromatic heterocycles. The van der Waals surface area contributed by atoms with Crippen LogP contribution in [0.5, 0.6) is 0 Å². The van der Waals surface area contributed by atoms with Gasteiger partial charge in [-0.05, 0) is 45.8 Å². The van der Waals surface area contributed by atoms with Crippen LogP contribution in [0.2, 0.25) is 0 Å². The Balaban J connectivity index is 2.21. The summed E-state index contributed by atoms with van der Waals surface area (Å²) in [4.78, 5) is 0. The van der Waals surface area contributed by atoms with E-state index in [0.29, 0.717) is 22.3 Å². The molecule has 2 aromatic carbocycles. The minimum Gasteiger partial charge on any atom is -0.380 e. The summed E-state index contributed by atoms with van der Waals surface area (Å²) in [6, 6.07) is 12.4. The zero-order chi connectivity index (χ0) is 13.8. The summed E-state index contributed by atoms with van der Waals surface area (Å²) in [6.45, 7) is 0.434. The Kier molecular flexibility index (Phi) is 4.56. The molecule has 0 spiro atoms. The van der Waals surface area contributed by atoms with Crippen molar-refractivity contribution in [1.29, 1.82) is 5.26 Å². The van der Waals surface area contributed by atoms with Crippen molar-refractivity contribution >= 4 is 37.5 Å². The van der Waals surface area contributed by atoms with Crippen LogP contribution >= 0.6 is 31.9 Å². The highest BCUT2D eigenvalue weighted by molar-refractivity contribution is 9.10. The van der Waals surface area contributed by atoms with Crippen molar-refractivity contribution in [2.45, 2.75) is 6.54 Å². The maximum Gasteiger partial charge on any atom is 0.137 e. The SMILES string of the molecule is N#Cc1ccc(Br)cc1NCc1cccc(F)c1Br. The molecule has 0 saturated heterocycles. The predicted molar refractivity (Wildman–Crippen MR) is 80.3 cm³/mol. The Morgan fingerprint density at radius 3 is 2.74 bits per heavy atom. The van der Waals surface area contributed by atoms with Crippen LogP contribution < -0.4 is 5.32 Å². The van der Waals surface area contributed by atoms with E-state index in [0.717, 1.165) is 10.0 Å². The van der Waals surface area contributed by atoms with Gasteiger partial charge in [0, 0.05) is 11.0 Å². The quantitative estimate of drug-likeness (QED) is 0.823. The van der Waals surface area contributed by atoms with Crippen LogP contribution in [-0.4, -0.2) is 0 Å². The van der Waals surface area contributed by atoms with Crippen molar-refractivity contribution in [3.63, 3.8) is 0 Å². The van der Waals surface area contributed by atoms with E-state index in [9.17, 15) is 4.39 Å². The van der Waals surface area contributed by atoms with Gasteiger partial charge in [-0.25, -0.2) is 4.39 Å². The predicted octanol–water partition coefficient (Wildman–Crippen LogP) is 4.83. The summed E-state index contributed by atoms with van der Waals surface area (Å²) in [5.74, 6) is -0.297. The first kappa shape index (κ1) is 14.0. The van der Waals surface area contributed by atoms with Crippen LogP contribution in [0.1, 0.15) is 11.1 Å². The number of hydrogen-bond acceptors (Lipinski definition) is 2. The lowest BCUT2D eigenvalue weighted by atomic mass is 10.1. The normalized spacial score (nSPS) is 10.0. The van der Waals surface area contributed by atoms with Gasteiger partial charge in [-0.1, -0.05) is 28.1 Å². The van der Waals surface area contributed by atoms with E-state index in [4.69, 9.17) is 5.26 Å². The van der Waals surface area contributed by atoms with Crippen molar-refractivity contribution in [1.82, 2.24) is 0 Å². The number of benzene rings is 2. The molecular weight excluding hydrogens is 375 g/mol. The van der Waals surface area contributed by atoms with Gasteiger partial charge in [0.1, 0.15) is 11.9 Å². The number of nitrogens with one attached hydrogen (secondary N) is 1. The first-order chi connectivity index (χ1) is 9.11. The number of halogens is 3. The average molecular weight is 384 g/mol. The summed E-state index contributed by atoms with van der Waals surface area (Å²) in [5, 5.41) is 12.2. The van der Waals surface area contributed by atoms with Crippen LogP contribution in [-0.2, 0) is 6.54 Å². The van der Waals surface area contributed by atoms with Crippen LogP contribution in [0.25, 0.3) is 0 Å². The molecule has 2 rings (SSSR count). The Bertz CT molecular complexity index is 650. The maximum atomic E-state index is 13.4. The summed E-state index contributed by atoms with van der Waals surface area (Å²) in [7, 11) is 0. The molecule has 0 aliphatic heterocycles. The van der Waals surface area contributed by atoms with Crippen LogP contribution in [0.3, 0.4) is 0 Å². The average Bonchev–Trinajstić information content (AvgIpc) is 2.40. The lowest BCUT2D eigenvalue weighted by Crippen LogP contribution is -2.02. The minimum absolute atomic E-state index is 0.297. The molecule has 5 heteroatoms. The molecule has 1 N–H and O–H groups in total. The van der Waals surface area contributed by atoms with E-state index in [1.165, 1.54) is 6.07 Å². The van der Waals surface area contributed by atoms with Gasteiger partial charge >= 0.3 is 0 Å². The number of hydrogen-bond donors (Lipinski definition) is 1. The second-order valence-electron chi connectivity index (χ2n) is 3.87. The van der Waals surface area contributed by atoms with Gasteiger partial charge in [0.25, 0.3) is 0 Å². The summed E-state index contributed by atoms with van der Waals surface area (Å²) < 4.78 is 14.7. The third kappa shape index (κ3) is 3.34. The van der Waals surface area contributed by atoms with Crippen molar-refractivity contribution in [3.8, 4) is 6.07 Å². The Labute approximate surface area is 127 Å². The topological polar surface area (TPSA) is 35.8 Å². The maximum absolute atomic E-state index is 13.4. The molecule has 0 fully saturated rings. The summed E-state index contributed by atoms with van der Waals surface area (Å²) in [5.41, 5.74) is 2.06.